The van der Waals surface area contributed by atoms with Crippen LogP contribution in [0.5, 0.6) is 11.5 Å². The molecule has 0 radical (unpaired) electrons. The average Bonchev–Trinajstić information content (AvgIpc) is 2.94. The lowest BCUT2D eigenvalue weighted by atomic mass is 9.63. The Morgan fingerprint density at radius 2 is 1.05 bits per heavy atom. The van der Waals surface area contributed by atoms with Gasteiger partial charge in [0.25, 0.3) is 0 Å². The van der Waals surface area contributed by atoms with E-state index in [2.05, 4.69) is 4.90 Å². The molecule has 6 nitrogen and oxygen atoms in total. The van der Waals surface area contributed by atoms with Gasteiger partial charge in [0.15, 0.2) is 0 Å². The Morgan fingerprint density at radius 3 is 1.48 bits per heavy atom. The summed E-state index contributed by atoms with van der Waals surface area (Å²) in [6.45, 7) is 5.67. The van der Waals surface area contributed by atoms with Crippen LogP contribution in [0.25, 0.3) is 0 Å². The van der Waals surface area contributed by atoms with Crippen molar-refractivity contribution < 1.29 is 20.4 Å². The molecule has 1 saturated carbocycles. The number of benzene rings is 4. The summed E-state index contributed by atoms with van der Waals surface area (Å²) in [5.74, 6) is -1.46. The van der Waals surface area contributed by atoms with Crippen LogP contribution in [0.4, 0.5) is 22.7 Å². The second kappa shape index (κ2) is 11.6. The molecule has 8 heteroatoms. The van der Waals surface area contributed by atoms with Crippen LogP contribution in [-0.4, -0.2) is 45.7 Å². The van der Waals surface area contributed by atoms with E-state index in [1.54, 1.807) is 42.5 Å². The van der Waals surface area contributed by atoms with Gasteiger partial charge >= 0.3 is 0 Å². The summed E-state index contributed by atoms with van der Waals surface area (Å²) in [5, 5.41) is 45.2. The van der Waals surface area contributed by atoms with Crippen LogP contribution in [-0.2, 0) is 0 Å². The molecule has 0 bridgehead atoms. The fourth-order valence-electron chi connectivity index (χ4n) is 5.67. The number of halogens is 2. The van der Waals surface area contributed by atoms with Gasteiger partial charge in [0.1, 0.15) is 11.5 Å². The number of phenols is 2. The van der Waals surface area contributed by atoms with Gasteiger partial charge in [-0.1, -0.05) is 59.6 Å². The van der Waals surface area contributed by atoms with Gasteiger partial charge in [-0.2, -0.15) is 0 Å². The summed E-state index contributed by atoms with van der Waals surface area (Å²) in [5.41, 5.74) is 3.73. The number of aromatic hydroxyl groups is 2. The number of hydrogen-bond acceptors (Lipinski definition) is 6. The van der Waals surface area contributed by atoms with Gasteiger partial charge in [0.2, 0.25) is 0 Å². The number of aliphatic hydroxyl groups excluding tert-OH is 2. The van der Waals surface area contributed by atoms with Crippen molar-refractivity contribution in [3.63, 3.8) is 0 Å². The van der Waals surface area contributed by atoms with Gasteiger partial charge in [0.05, 0.1) is 33.6 Å². The minimum Gasteiger partial charge on any atom is -0.508 e. The molecule has 4 N–H and O–H groups in total. The van der Waals surface area contributed by atoms with Gasteiger partial charge in [-0.3, -0.25) is 0 Å². The smallest absolute Gasteiger partial charge is 0.121 e. The fourth-order valence-corrected chi connectivity index (χ4v) is 6.11. The zero-order valence-corrected chi connectivity index (χ0v) is 23.8. The molecule has 0 saturated heterocycles. The van der Waals surface area contributed by atoms with Crippen LogP contribution in [0.2, 0.25) is 10.0 Å². The van der Waals surface area contributed by atoms with E-state index >= 15 is 0 Å². The standard InChI is InChI=1S/C32H32Cl2N2O4/c1-3-35(4-2)19-13-15-21(27(37)17-19)29-31(39)30(32(29)40)22-16-14-20(18-28(22)38)36(25-11-7-5-9-23(25)33)26-12-8-6-10-24(26)34/h5-18,29-32,37-40H,3-4H2,1-2H3/t29?,30?,31-,32?/m0/s1. The van der Waals surface area contributed by atoms with Crippen molar-refractivity contribution in [2.45, 2.75) is 37.9 Å². The molecule has 1 aliphatic carbocycles. The summed E-state index contributed by atoms with van der Waals surface area (Å²) in [7, 11) is 0. The van der Waals surface area contributed by atoms with E-state index in [-0.39, 0.29) is 11.5 Å². The maximum atomic E-state index is 11.1. The first-order chi connectivity index (χ1) is 19.3. The van der Waals surface area contributed by atoms with Gasteiger partial charge < -0.3 is 30.2 Å². The number of anilines is 4. The monoisotopic (exact) mass is 578 g/mol. The van der Waals surface area contributed by atoms with E-state index in [1.807, 2.05) is 61.2 Å². The van der Waals surface area contributed by atoms with Crippen molar-refractivity contribution in [1.82, 2.24) is 0 Å². The third kappa shape index (κ3) is 4.97. The Bertz CT molecular complexity index is 1450. The van der Waals surface area contributed by atoms with E-state index in [1.165, 1.54) is 0 Å². The lowest BCUT2D eigenvalue weighted by Gasteiger charge is -2.47. The van der Waals surface area contributed by atoms with Crippen molar-refractivity contribution >= 4 is 46.0 Å². The molecular weight excluding hydrogens is 547 g/mol. The molecule has 40 heavy (non-hydrogen) atoms. The molecule has 1 fully saturated rings. The number of phenolic OH excluding ortho intramolecular Hbond substituents is 2. The van der Waals surface area contributed by atoms with Crippen LogP contribution in [0.3, 0.4) is 0 Å². The molecular formula is C32H32Cl2N2O4. The molecule has 0 heterocycles. The lowest BCUT2D eigenvalue weighted by molar-refractivity contribution is -0.0797. The predicted molar refractivity (Wildman–Crippen MR) is 162 cm³/mol. The summed E-state index contributed by atoms with van der Waals surface area (Å²) in [6.07, 6.45) is -2.00. The zero-order valence-electron chi connectivity index (χ0n) is 22.2. The first-order valence-electron chi connectivity index (χ1n) is 13.3. The van der Waals surface area contributed by atoms with Crippen LogP contribution in [0.1, 0.15) is 36.8 Å². The van der Waals surface area contributed by atoms with Crippen molar-refractivity contribution in [2.75, 3.05) is 22.9 Å². The summed E-state index contributed by atoms with van der Waals surface area (Å²) >= 11 is 13.1. The second-order valence-corrected chi connectivity index (χ2v) is 10.7. The van der Waals surface area contributed by atoms with Gasteiger partial charge in [0, 0.05) is 59.6 Å². The maximum Gasteiger partial charge on any atom is 0.121 e. The Balaban J connectivity index is 1.46. The molecule has 4 aromatic carbocycles. The van der Waals surface area contributed by atoms with Crippen molar-refractivity contribution in [1.29, 1.82) is 0 Å². The van der Waals surface area contributed by atoms with Crippen molar-refractivity contribution in [2.24, 2.45) is 0 Å². The normalized spacial score (nSPS) is 20.1. The van der Waals surface area contributed by atoms with Gasteiger partial charge in [-0.25, -0.2) is 0 Å². The highest BCUT2D eigenvalue weighted by atomic mass is 35.5. The predicted octanol–water partition coefficient (Wildman–Crippen LogP) is 7.32. The number of hydrogen-bond donors (Lipinski definition) is 4. The molecule has 1 aliphatic rings. The molecule has 0 amide bonds. The third-order valence-corrected chi connectivity index (χ3v) is 8.43. The van der Waals surface area contributed by atoms with E-state index in [0.29, 0.717) is 38.2 Å². The van der Waals surface area contributed by atoms with Gasteiger partial charge in [-0.05, 0) is 50.2 Å². The van der Waals surface area contributed by atoms with Gasteiger partial charge in [-0.15, -0.1) is 0 Å². The molecule has 4 aromatic rings. The highest BCUT2D eigenvalue weighted by Gasteiger charge is 2.52. The van der Waals surface area contributed by atoms with Crippen molar-refractivity contribution in [3.8, 4) is 11.5 Å². The lowest BCUT2D eigenvalue weighted by Crippen LogP contribution is -2.51. The Morgan fingerprint density at radius 1 is 0.625 bits per heavy atom. The SMILES string of the molecule is CCN(CC)c1ccc(C2C(O)C(c3ccc(N(c4ccccc4Cl)c4ccccc4Cl)cc3O)[C@H]2O)c(O)c1. The molecule has 4 atom stereocenters. The highest BCUT2D eigenvalue weighted by molar-refractivity contribution is 6.35. The minimum atomic E-state index is -1.000. The molecule has 5 rings (SSSR count). The summed E-state index contributed by atoms with van der Waals surface area (Å²) in [6, 6.07) is 25.1. The first kappa shape index (κ1) is 28.1. The van der Waals surface area contributed by atoms with E-state index in [4.69, 9.17) is 23.2 Å². The number of aliphatic hydroxyl groups is 2. The first-order valence-corrected chi connectivity index (χ1v) is 14.1. The molecule has 0 spiro atoms. The second-order valence-electron chi connectivity index (χ2n) is 9.93. The van der Waals surface area contributed by atoms with Crippen LogP contribution < -0.4 is 9.80 Å². The summed E-state index contributed by atoms with van der Waals surface area (Å²) in [4.78, 5) is 3.95. The zero-order chi connectivity index (χ0) is 28.6. The van der Waals surface area contributed by atoms with Crippen LogP contribution in [0, 0.1) is 0 Å². The Hall–Kier alpha value is -3.42. The Labute approximate surface area is 244 Å². The number of para-hydroxylation sites is 2. The highest BCUT2D eigenvalue weighted by Crippen LogP contribution is 2.53. The topological polar surface area (TPSA) is 87.4 Å². The van der Waals surface area contributed by atoms with E-state index in [0.717, 1.165) is 18.8 Å². The molecule has 208 valence electrons. The van der Waals surface area contributed by atoms with Crippen molar-refractivity contribution in [3.05, 3.63) is 106 Å². The van der Waals surface area contributed by atoms with Crippen LogP contribution >= 0.6 is 23.2 Å². The molecule has 0 aromatic heterocycles. The average molecular weight is 580 g/mol. The number of rotatable bonds is 8. The largest absolute Gasteiger partial charge is 0.508 e. The quantitative estimate of drug-likeness (QED) is 0.175. The molecule has 0 aliphatic heterocycles. The number of nitrogens with zero attached hydrogens (tertiary/aromatic N) is 2. The fraction of sp³-hybridized carbons (Fsp3) is 0.250. The third-order valence-electron chi connectivity index (χ3n) is 7.79. The van der Waals surface area contributed by atoms with E-state index < -0.39 is 24.0 Å². The van der Waals surface area contributed by atoms with E-state index in [9.17, 15) is 20.4 Å². The summed E-state index contributed by atoms with van der Waals surface area (Å²) < 4.78 is 0. The minimum absolute atomic E-state index is 0.0284. The molecule has 3 unspecified atom stereocenters. The Kier molecular flexibility index (Phi) is 8.15. The van der Waals surface area contributed by atoms with Crippen LogP contribution in [0.15, 0.2) is 84.9 Å². The maximum absolute atomic E-state index is 11.1.